The van der Waals surface area contributed by atoms with Gasteiger partial charge in [-0.05, 0) is 37.3 Å². The molecule has 2 N–H and O–H groups in total. The largest absolute Gasteiger partial charge is 0.495 e. The summed E-state index contributed by atoms with van der Waals surface area (Å²) in [4.78, 5) is 11.9. The molecule has 0 heterocycles. The van der Waals surface area contributed by atoms with Crippen LogP contribution in [0.5, 0.6) is 5.75 Å². The molecule has 2 aromatic carbocycles. The molecule has 26 heavy (non-hydrogen) atoms. The van der Waals surface area contributed by atoms with E-state index in [1.807, 2.05) is 5.32 Å². The van der Waals surface area contributed by atoms with Gasteiger partial charge in [-0.2, -0.15) is 4.72 Å². The summed E-state index contributed by atoms with van der Waals surface area (Å²) in [7, 11) is -2.73. The quantitative estimate of drug-likeness (QED) is 0.775. The zero-order valence-electron chi connectivity index (χ0n) is 13.7. The van der Waals surface area contributed by atoms with E-state index in [-0.39, 0.29) is 15.7 Å². The lowest BCUT2D eigenvalue weighted by Gasteiger charge is -2.15. The van der Waals surface area contributed by atoms with Crippen LogP contribution in [0.2, 0.25) is 5.02 Å². The third-order valence-electron chi connectivity index (χ3n) is 3.37. The van der Waals surface area contributed by atoms with E-state index in [2.05, 4.69) is 4.72 Å². The summed E-state index contributed by atoms with van der Waals surface area (Å²) in [6, 6.07) is 5.52. The Kier molecular flexibility index (Phi) is 6.17. The van der Waals surface area contributed by atoms with Gasteiger partial charge in [-0.3, -0.25) is 4.79 Å². The fourth-order valence-electron chi connectivity index (χ4n) is 2.02. The number of benzene rings is 2. The number of anilines is 1. The lowest BCUT2D eigenvalue weighted by atomic mass is 10.2. The molecular formula is C16H15ClF2N2O4S. The van der Waals surface area contributed by atoms with Crippen molar-refractivity contribution in [2.24, 2.45) is 0 Å². The Bertz CT molecular complexity index is 918. The second-order valence-electron chi connectivity index (χ2n) is 5.23. The molecule has 140 valence electrons. The zero-order valence-corrected chi connectivity index (χ0v) is 15.3. The van der Waals surface area contributed by atoms with Crippen molar-refractivity contribution in [3.8, 4) is 5.75 Å². The van der Waals surface area contributed by atoms with Crippen molar-refractivity contribution in [2.75, 3.05) is 12.4 Å². The summed E-state index contributed by atoms with van der Waals surface area (Å²) in [5, 5.41) is 2.09. The number of carbonyl (C=O) groups is 1. The number of hydrogen-bond donors (Lipinski definition) is 2. The first-order valence-electron chi connectivity index (χ1n) is 7.26. The maximum absolute atomic E-state index is 13.6. The Morgan fingerprint density at radius 2 is 1.81 bits per heavy atom. The van der Waals surface area contributed by atoms with Crippen molar-refractivity contribution >= 4 is 33.2 Å². The number of rotatable bonds is 6. The molecule has 0 aliphatic heterocycles. The van der Waals surface area contributed by atoms with Gasteiger partial charge < -0.3 is 10.1 Å². The van der Waals surface area contributed by atoms with Gasteiger partial charge in [0.15, 0.2) is 0 Å². The summed E-state index contributed by atoms with van der Waals surface area (Å²) in [6.45, 7) is 1.23. The SMILES string of the molecule is COc1ccc(S(=O)(=O)N[C@@H](C)C(=O)Nc2c(F)cccc2F)cc1Cl. The van der Waals surface area contributed by atoms with Gasteiger partial charge in [-0.1, -0.05) is 17.7 Å². The van der Waals surface area contributed by atoms with E-state index in [1.165, 1.54) is 26.2 Å². The molecule has 0 unspecified atom stereocenters. The molecule has 0 radical (unpaired) electrons. The lowest BCUT2D eigenvalue weighted by molar-refractivity contribution is -0.117. The van der Waals surface area contributed by atoms with Crippen LogP contribution >= 0.6 is 11.6 Å². The molecule has 1 amide bonds. The highest BCUT2D eigenvalue weighted by molar-refractivity contribution is 7.89. The Morgan fingerprint density at radius 3 is 2.35 bits per heavy atom. The van der Waals surface area contributed by atoms with Gasteiger partial charge in [0, 0.05) is 0 Å². The van der Waals surface area contributed by atoms with Gasteiger partial charge in [0.25, 0.3) is 0 Å². The van der Waals surface area contributed by atoms with E-state index in [9.17, 15) is 22.0 Å². The smallest absolute Gasteiger partial charge is 0.242 e. The molecule has 2 aromatic rings. The summed E-state index contributed by atoms with van der Waals surface area (Å²) < 4.78 is 58.9. The van der Waals surface area contributed by atoms with Crippen LogP contribution in [-0.4, -0.2) is 27.5 Å². The van der Waals surface area contributed by atoms with E-state index in [4.69, 9.17) is 16.3 Å². The Balaban J connectivity index is 2.16. The molecule has 2 rings (SSSR count). The number of sulfonamides is 1. The molecule has 0 aromatic heterocycles. The fraction of sp³-hybridized carbons (Fsp3) is 0.188. The average Bonchev–Trinajstić information content (AvgIpc) is 2.57. The van der Waals surface area contributed by atoms with E-state index >= 15 is 0 Å². The number of para-hydroxylation sites is 1. The van der Waals surface area contributed by atoms with Crippen molar-refractivity contribution in [2.45, 2.75) is 17.9 Å². The summed E-state index contributed by atoms with van der Waals surface area (Å²) >= 11 is 5.90. The molecule has 0 spiro atoms. The zero-order chi connectivity index (χ0) is 19.5. The van der Waals surface area contributed by atoms with Crippen LogP contribution in [0.25, 0.3) is 0 Å². The Morgan fingerprint density at radius 1 is 1.19 bits per heavy atom. The van der Waals surface area contributed by atoms with Gasteiger partial charge in [0.05, 0.1) is 23.1 Å². The van der Waals surface area contributed by atoms with Gasteiger partial charge in [0.1, 0.15) is 23.1 Å². The number of amides is 1. The average molecular weight is 405 g/mol. The molecule has 0 saturated heterocycles. The van der Waals surface area contributed by atoms with Crippen LogP contribution in [0.4, 0.5) is 14.5 Å². The van der Waals surface area contributed by atoms with Crippen LogP contribution in [-0.2, 0) is 14.8 Å². The first-order chi connectivity index (χ1) is 12.2. The van der Waals surface area contributed by atoms with Crippen molar-refractivity contribution in [3.05, 3.63) is 53.1 Å². The van der Waals surface area contributed by atoms with Crippen LogP contribution in [0, 0.1) is 11.6 Å². The number of hydrogen-bond acceptors (Lipinski definition) is 4. The normalized spacial score (nSPS) is 12.5. The standard InChI is InChI=1S/C16H15ClF2N2O4S/c1-9(16(22)20-15-12(18)4-3-5-13(15)19)21-26(23,24)10-6-7-14(25-2)11(17)8-10/h3-9,21H,1-2H3,(H,20,22)/t9-/m0/s1. The maximum Gasteiger partial charge on any atom is 0.242 e. The minimum Gasteiger partial charge on any atom is -0.495 e. The predicted octanol–water partition coefficient (Wildman–Crippen LogP) is 2.93. The topological polar surface area (TPSA) is 84.5 Å². The number of nitrogens with one attached hydrogen (secondary N) is 2. The maximum atomic E-state index is 13.6. The molecule has 0 saturated carbocycles. The van der Waals surface area contributed by atoms with Gasteiger partial charge in [0.2, 0.25) is 15.9 Å². The molecule has 0 fully saturated rings. The molecule has 10 heteroatoms. The summed E-state index contributed by atoms with van der Waals surface area (Å²) in [5.74, 6) is -2.60. The lowest BCUT2D eigenvalue weighted by Crippen LogP contribution is -2.41. The van der Waals surface area contributed by atoms with Crippen molar-refractivity contribution in [1.29, 1.82) is 0 Å². The second kappa shape index (κ2) is 7.98. The van der Waals surface area contributed by atoms with Gasteiger partial charge >= 0.3 is 0 Å². The van der Waals surface area contributed by atoms with Gasteiger partial charge in [-0.25, -0.2) is 17.2 Å². The molecule has 0 bridgehead atoms. The molecule has 0 aliphatic rings. The number of halogens is 3. The second-order valence-corrected chi connectivity index (χ2v) is 7.35. The molecule has 1 atom stereocenters. The number of ether oxygens (including phenoxy) is 1. The van der Waals surface area contributed by atoms with Crippen molar-refractivity contribution in [1.82, 2.24) is 4.72 Å². The Hall–Kier alpha value is -2.23. The highest BCUT2D eigenvalue weighted by Crippen LogP contribution is 2.27. The minimum absolute atomic E-state index is 0.0703. The number of methoxy groups -OCH3 is 1. The van der Waals surface area contributed by atoms with Crippen LogP contribution in [0.15, 0.2) is 41.3 Å². The van der Waals surface area contributed by atoms with Crippen molar-refractivity contribution < 1.29 is 26.7 Å². The van der Waals surface area contributed by atoms with Gasteiger partial charge in [-0.15, -0.1) is 0 Å². The first-order valence-corrected chi connectivity index (χ1v) is 9.12. The van der Waals surface area contributed by atoms with E-state index < -0.39 is 39.3 Å². The predicted molar refractivity (Wildman–Crippen MR) is 92.8 cm³/mol. The van der Waals surface area contributed by atoms with Crippen LogP contribution in [0.1, 0.15) is 6.92 Å². The third-order valence-corrected chi connectivity index (χ3v) is 5.20. The Labute approximate surface area is 154 Å². The molecule has 6 nitrogen and oxygen atoms in total. The van der Waals surface area contributed by atoms with Crippen LogP contribution in [0.3, 0.4) is 0 Å². The highest BCUT2D eigenvalue weighted by atomic mass is 35.5. The van der Waals surface area contributed by atoms with E-state index in [1.54, 1.807) is 0 Å². The molecule has 0 aliphatic carbocycles. The first kappa shape index (κ1) is 20.1. The molecular weight excluding hydrogens is 390 g/mol. The van der Waals surface area contributed by atoms with E-state index in [0.717, 1.165) is 24.3 Å². The summed E-state index contributed by atoms with van der Waals surface area (Å²) in [5.41, 5.74) is -0.656. The van der Waals surface area contributed by atoms with E-state index in [0.29, 0.717) is 0 Å². The highest BCUT2D eigenvalue weighted by Gasteiger charge is 2.24. The monoisotopic (exact) mass is 404 g/mol. The third kappa shape index (κ3) is 4.48. The van der Waals surface area contributed by atoms with Crippen molar-refractivity contribution in [3.63, 3.8) is 0 Å². The minimum atomic E-state index is -4.10. The van der Waals surface area contributed by atoms with Crippen LogP contribution < -0.4 is 14.8 Å². The fourth-order valence-corrected chi connectivity index (χ4v) is 3.57. The number of carbonyl (C=O) groups excluding carboxylic acids is 1. The summed E-state index contributed by atoms with van der Waals surface area (Å²) in [6.07, 6.45) is 0.